The van der Waals surface area contributed by atoms with E-state index in [-0.39, 0.29) is 25.2 Å². The molecule has 2 unspecified atom stereocenters. The fraction of sp³-hybridized carbons (Fsp3) is 0.385. The monoisotopic (exact) mass is 380 g/mol. The number of nitrogens with two attached hydrogens (primary N) is 2. The number of phenols is 1. The van der Waals surface area contributed by atoms with Gasteiger partial charge in [0.15, 0.2) is 0 Å². The first-order valence-electron chi connectivity index (χ1n) is 6.87. The molecule has 142 valence electrons. The highest BCUT2D eigenvalue weighted by atomic mass is 31.2. The van der Waals surface area contributed by atoms with E-state index in [2.05, 4.69) is 4.52 Å². The molecule has 0 fully saturated rings. The van der Waals surface area contributed by atoms with Crippen molar-refractivity contribution in [1.29, 1.82) is 0 Å². The van der Waals surface area contributed by atoms with Gasteiger partial charge in [0.25, 0.3) is 0 Å². The van der Waals surface area contributed by atoms with Crippen molar-refractivity contribution in [3.05, 3.63) is 29.8 Å². The molecular weight excluding hydrogens is 359 g/mol. The molecule has 0 saturated heterocycles. The molecule has 0 bridgehead atoms. The van der Waals surface area contributed by atoms with Crippen molar-refractivity contribution < 1.29 is 43.8 Å². The van der Waals surface area contributed by atoms with Crippen molar-refractivity contribution in [3.8, 4) is 5.75 Å². The fourth-order valence-corrected chi connectivity index (χ4v) is 1.74. The van der Waals surface area contributed by atoms with Gasteiger partial charge in [0, 0.05) is 0 Å². The summed E-state index contributed by atoms with van der Waals surface area (Å²) in [6, 6.07) is 4.27. The Balaban J connectivity index is 0.000000463. The standard InChI is InChI=1S/C9H11NO3.C4H10NO6P/c10-8(9(12)13)5-6-1-3-7(11)4-2-6;5-3(4(6)7)1-2-11-12(8,9)10/h1-4,8,11H,5,10H2,(H,12,13);3H,1-2,5H2,(H,6,7)(H2,8,9,10). The molecule has 1 rings (SSSR count). The van der Waals surface area contributed by atoms with E-state index >= 15 is 0 Å². The molecule has 0 aliphatic carbocycles. The highest BCUT2D eigenvalue weighted by Gasteiger charge is 2.16. The molecule has 2 atom stereocenters. The lowest BCUT2D eigenvalue weighted by atomic mass is 10.1. The summed E-state index contributed by atoms with van der Waals surface area (Å²) in [5.41, 5.74) is 11.1. The second-order valence-corrected chi connectivity index (χ2v) is 6.11. The molecular formula is C13H21N2O9P. The molecule has 0 heterocycles. The number of aromatic hydroxyl groups is 1. The molecule has 0 amide bonds. The Morgan fingerprint density at radius 1 is 1.04 bits per heavy atom. The van der Waals surface area contributed by atoms with Crippen LogP contribution in [0.2, 0.25) is 0 Å². The van der Waals surface area contributed by atoms with Crippen molar-refractivity contribution in [1.82, 2.24) is 0 Å². The smallest absolute Gasteiger partial charge is 0.469 e. The zero-order valence-corrected chi connectivity index (χ0v) is 14.0. The van der Waals surface area contributed by atoms with Gasteiger partial charge in [-0.05, 0) is 30.5 Å². The number of phosphoric ester groups is 1. The van der Waals surface area contributed by atoms with Gasteiger partial charge in [0.1, 0.15) is 17.8 Å². The van der Waals surface area contributed by atoms with Crippen LogP contribution >= 0.6 is 7.82 Å². The summed E-state index contributed by atoms with van der Waals surface area (Å²) >= 11 is 0. The maximum absolute atomic E-state index is 10.4. The molecule has 0 aliphatic heterocycles. The van der Waals surface area contributed by atoms with Crippen molar-refractivity contribution in [3.63, 3.8) is 0 Å². The van der Waals surface area contributed by atoms with Crippen molar-refractivity contribution in [2.75, 3.05) is 6.61 Å². The van der Waals surface area contributed by atoms with Crippen LogP contribution in [-0.4, -0.2) is 55.7 Å². The van der Waals surface area contributed by atoms with Crippen LogP contribution in [0, 0.1) is 0 Å². The van der Waals surface area contributed by atoms with Crippen molar-refractivity contribution >= 4 is 19.8 Å². The minimum atomic E-state index is -4.50. The van der Waals surface area contributed by atoms with Crippen LogP contribution in [0.3, 0.4) is 0 Å². The highest BCUT2D eigenvalue weighted by molar-refractivity contribution is 7.46. The quantitative estimate of drug-likeness (QED) is 0.278. The lowest BCUT2D eigenvalue weighted by molar-refractivity contribution is -0.139. The summed E-state index contributed by atoms with van der Waals surface area (Å²) in [5, 5.41) is 25.7. The van der Waals surface area contributed by atoms with Gasteiger partial charge < -0.3 is 36.6 Å². The first-order valence-corrected chi connectivity index (χ1v) is 8.40. The Morgan fingerprint density at radius 2 is 1.52 bits per heavy atom. The summed E-state index contributed by atoms with van der Waals surface area (Å²) < 4.78 is 14.0. The lowest BCUT2D eigenvalue weighted by Crippen LogP contribution is -2.32. The zero-order chi connectivity index (χ0) is 19.6. The second kappa shape index (κ2) is 10.8. The number of carbonyl (C=O) groups is 2. The SMILES string of the molecule is NC(CCOP(=O)(O)O)C(=O)O.NC(Cc1ccc(O)cc1)C(=O)O. The summed E-state index contributed by atoms with van der Waals surface area (Å²) in [6.45, 7) is -0.377. The third-order valence-corrected chi connectivity index (χ3v) is 3.23. The summed E-state index contributed by atoms with van der Waals surface area (Å²) in [4.78, 5) is 36.8. The number of phenolic OH excluding ortho intramolecular Hbond substituents is 1. The van der Waals surface area contributed by atoms with Crippen molar-refractivity contribution in [2.24, 2.45) is 11.5 Å². The van der Waals surface area contributed by atoms with Crippen LogP contribution in [0.1, 0.15) is 12.0 Å². The van der Waals surface area contributed by atoms with Gasteiger partial charge in [-0.15, -0.1) is 0 Å². The normalized spacial score (nSPS) is 13.3. The average Bonchev–Trinajstić information content (AvgIpc) is 2.48. The second-order valence-electron chi connectivity index (χ2n) is 4.87. The molecule has 0 spiro atoms. The minimum absolute atomic E-state index is 0.138. The van der Waals surface area contributed by atoms with Crippen LogP contribution in [0.15, 0.2) is 24.3 Å². The number of phosphoric acid groups is 1. The fourth-order valence-electron chi connectivity index (χ4n) is 1.40. The van der Waals surface area contributed by atoms with E-state index in [0.717, 1.165) is 5.56 Å². The Hall–Kier alpha value is -2.01. The molecule has 0 radical (unpaired) electrons. The minimum Gasteiger partial charge on any atom is -0.508 e. The Labute approximate surface area is 143 Å². The molecule has 0 aromatic heterocycles. The molecule has 1 aromatic rings. The number of aliphatic carboxylic acids is 2. The topological polar surface area (TPSA) is 214 Å². The maximum Gasteiger partial charge on any atom is 0.469 e. The molecule has 12 heteroatoms. The van der Waals surface area contributed by atoms with Gasteiger partial charge >= 0.3 is 19.8 Å². The largest absolute Gasteiger partial charge is 0.508 e. The first-order chi connectivity index (χ1) is 11.4. The van der Waals surface area contributed by atoms with E-state index in [1.54, 1.807) is 12.1 Å². The van der Waals surface area contributed by atoms with Gasteiger partial charge in [-0.1, -0.05) is 12.1 Å². The Bertz CT molecular complexity index is 602. The molecule has 9 N–H and O–H groups in total. The van der Waals surface area contributed by atoms with Crippen LogP contribution in [0.25, 0.3) is 0 Å². The average molecular weight is 380 g/mol. The van der Waals surface area contributed by atoms with E-state index in [1.165, 1.54) is 12.1 Å². The number of carboxylic acid groups (broad SMARTS) is 2. The summed E-state index contributed by atoms with van der Waals surface area (Å²) in [7, 11) is -4.50. The van der Waals surface area contributed by atoms with E-state index in [9.17, 15) is 14.2 Å². The summed E-state index contributed by atoms with van der Waals surface area (Å²) in [5.74, 6) is -2.09. The van der Waals surface area contributed by atoms with Crippen LogP contribution in [0.4, 0.5) is 0 Å². The van der Waals surface area contributed by atoms with Crippen molar-refractivity contribution in [2.45, 2.75) is 24.9 Å². The predicted octanol–water partition coefficient (Wildman–Crippen LogP) is -0.756. The number of hydrogen-bond donors (Lipinski definition) is 7. The van der Waals surface area contributed by atoms with Gasteiger partial charge in [0.2, 0.25) is 0 Å². The van der Waals surface area contributed by atoms with Crippen LogP contribution in [-0.2, 0) is 25.1 Å². The van der Waals surface area contributed by atoms with Crippen LogP contribution < -0.4 is 11.5 Å². The Morgan fingerprint density at radius 3 is 1.92 bits per heavy atom. The zero-order valence-electron chi connectivity index (χ0n) is 13.1. The van der Waals surface area contributed by atoms with Crippen LogP contribution in [0.5, 0.6) is 5.75 Å². The number of carboxylic acids is 2. The van der Waals surface area contributed by atoms with E-state index in [1.807, 2.05) is 0 Å². The summed E-state index contributed by atoms with van der Waals surface area (Å²) in [6.07, 6.45) is 0.135. The molecule has 11 nitrogen and oxygen atoms in total. The predicted molar refractivity (Wildman–Crippen MR) is 85.6 cm³/mol. The van der Waals surface area contributed by atoms with E-state index in [0.29, 0.717) is 0 Å². The lowest BCUT2D eigenvalue weighted by Gasteiger charge is -2.07. The van der Waals surface area contributed by atoms with E-state index in [4.69, 9.17) is 36.6 Å². The molecule has 25 heavy (non-hydrogen) atoms. The first kappa shape index (κ1) is 23.0. The molecule has 0 aliphatic rings. The highest BCUT2D eigenvalue weighted by Crippen LogP contribution is 2.35. The third kappa shape index (κ3) is 12.1. The number of hydrogen-bond acceptors (Lipinski definition) is 7. The van der Waals surface area contributed by atoms with Gasteiger partial charge in [-0.3, -0.25) is 14.1 Å². The van der Waals surface area contributed by atoms with E-state index < -0.39 is 31.8 Å². The third-order valence-electron chi connectivity index (χ3n) is 2.71. The molecule has 0 saturated carbocycles. The van der Waals surface area contributed by atoms with Gasteiger partial charge in [-0.25, -0.2) is 4.57 Å². The van der Waals surface area contributed by atoms with Gasteiger partial charge in [0.05, 0.1) is 6.61 Å². The Kier molecular flexibility index (Phi) is 9.91. The molecule has 1 aromatic carbocycles. The number of benzene rings is 1. The maximum atomic E-state index is 10.4. The van der Waals surface area contributed by atoms with Gasteiger partial charge in [-0.2, -0.15) is 0 Å². The number of rotatable bonds is 8.